The van der Waals surface area contributed by atoms with Crippen LogP contribution < -0.4 is 0 Å². The van der Waals surface area contributed by atoms with E-state index in [0.717, 1.165) is 18.9 Å². The molecule has 2 aliphatic heterocycles. The molecule has 0 aromatic heterocycles. The number of allylic oxidation sites excluding steroid dienone is 4. The molecule has 0 radical (unpaired) electrons. The van der Waals surface area contributed by atoms with Crippen molar-refractivity contribution in [3.05, 3.63) is 49.0 Å². The standard InChI is InChI=1S/C24H40N2/c1-19(2)23-9-7-16-26(18-13-23)22(6)12-11-21(5)24-10-8-15-25(17-14-24)20(3)4/h7-9,13-15,17-24H,10-12,16H2,1-6H3. The molecule has 2 nitrogen and oxygen atoms in total. The second-order valence-corrected chi connectivity index (χ2v) is 8.86. The van der Waals surface area contributed by atoms with Crippen molar-refractivity contribution in [1.29, 1.82) is 0 Å². The van der Waals surface area contributed by atoms with Crippen LogP contribution in [-0.2, 0) is 0 Å². The maximum atomic E-state index is 2.51. The molecule has 4 unspecified atom stereocenters. The third-order valence-corrected chi connectivity index (χ3v) is 6.07. The Kier molecular flexibility index (Phi) is 8.06. The van der Waals surface area contributed by atoms with Crippen molar-refractivity contribution in [2.45, 2.75) is 72.9 Å². The molecule has 0 fully saturated rings. The fraction of sp³-hybridized carbons (Fsp3) is 0.667. The van der Waals surface area contributed by atoms with Gasteiger partial charge in [0.2, 0.25) is 0 Å². The van der Waals surface area contributed by atoms with Gasteiger partial charge in [0.25, 0.3) is 0 Å². The monoisotopic (exact) mass is 356 g/mol. The van der Waals surface area contributed by atoms with Crippen molar-refractivity contribution in [3.8, 4) is 0 Å². The summed E-state index contributed by atoms with van der Waals surface area (Å²) in [5.74, 6) is 2.64. The van der Waals surface area contributed by atoms with Gasteiger partial charge in [0.1, 0.15) is 0 Å². The van der Waals surface area contributed by atoms with E-state index in [2.05, 4.69) is 100 Å². The summed E-state index contributed by atoms with van der Waals surface area (Å²) < 4.78 is 0. The van der Waals surface area contributed by atoms with Crippen LogP contribution >= 0.6 is 0 Å². The average molecular weight is 357 g/mol. The summed E-state index contributed by atoms with van der Waals surface area (Å²) in [5, 5.41) is 0. The molecule has 0 saturated carbocycles. The van der Waals surface area contributed by atoms with Gasteiger partial charge in [-0.25, -0.2) is 0 Å². The minimum absolute atomic E-state index is 0.536. The highest BCUT2D eigenvalue weighted by Gasteiger charge is 2.19. The highest BCUT2D eigenvalue weighted by atomic mass is 15.1. The van der Waals surface area contributed by atoms with Gasteiger partial charge in [-0.2, -0.15) is 0 Å². The molecule has 0 bridgehead atoms. The van der Waals surface area contributed by atoms with Crippen molar-refractivity contribution >= 4 is 0 Å². The molecular weight excluding hydrogens is 316 g/mol. The van der Waals surface area contributed by atoms with E-state index in [-0.39, 0.29) is 0 Å². The molecule has 2 heteroatoms. The van der Waals surface area contributed by atoms with Gasteiger partial charge in [-0.05, 0) is 76.1 Å². The predicted molar refractivity (Wildman–Crippen MR) is 115 cm³/mol. The Morgan fingerprint density at radius 2 is 1.62 bits per heavy atom. The molecule has 0 spiro atoms. The van der Waals surface area contributed by atoms with Crippen molar-refractivity contribution in [2.75, 3.05) is 6.54 Å². The number of rotatable bonds is 7. The summed E-state index contributed by atoms with van der Waals surface area (Å²) in [6.45, 7) is 14.9. The van der Waals surface area contributed by atoms with Crippen LogP contribution in [0.1, 0.15) is 60.8 Å². The molecule has 2 rings (SSSR count). The van der Waals surface area contributed by atoms with E-state index in [1.54, 1.807) is 0 Å². The topological polar surface area (TPSA) is 6.48 Å². The lowest BCUT2D eigenvalue weighted by atomic mass is 9.86. The molecule has 2 heterocycles. The van der Waals surface area contributed by atoms with Crippen molar-refractivity contribution in [2.24, 2.45) is 23.7 Å². The van der Waals surface area contributed by atoms with E-state index in [1.807, 2.05) is 0 Å². The second-order valence-electron chi connectivity index (χ2n) is 8.86. The van der Waals surface area contributed by atoms with Gasteiger partial charge in [-0.1, -0.05) is 51.2 Å². The first kappa shape index (κ1) is 20.9. The molecule has 26 heavy (non-hydrogen) atoms. The lowest BCUT2D eigenvalue weighted by Crippen LogP contribution is -2.28. The zero-order valence-electron chi connectivity index (χ0n) is 17.8. The van der Waals surface area contributed by atoms with Crippen LogP contribution in [0.5, 0.6) is 0 Å². The van der Waals surface area contributed by atoms with Crippen LogP contribution in [0.3, 0.4) is 0 Å². The lowest BCUT2D eigenvalue weighted by molar-refractivity contribution is 0.273. The molecule has 146 valence electrons. The van der Waals surface area contributed by atoms with Gasteiger partial charge in [-0.3, -0.25) is 0 Å². The fourth-order valence-corrected chi connectivity index (χ4v) is 3.77. The van der Waals surface area contributed by atoms with Gasteiger partial charge < -0.3 is 9.80 Å². The smallest absolute Gasteiger partial charge is 0.0357 e. The van der Waals surface area contributed by atoms with Crippen LogP contribution in [0.25, 0.3) is 0 Å². The summed E-state index contributed by atoms with van der Waals surface area (Å²) in [4.78, 5) is 4.82. The Bertz CT molecular complexity index is 478. The molecule has 0 aliphatic carbocycles. The van der Waals surface area contributed by atoms with E-state index in [4.69, 9.17) is 0 Å². The minimum atomic E-state index is 0.536. The molecule has 0 aromatic carbocycles. The number of hydrogen-bond donors (Lipinski definition) is 0. The zero-order chi connectivity index (χ0) is 19.1. The molecule has 0 saturated heterocycles. The summed E-state index contributed by atoms with van der Waals surface area (Å²) >= 11 is 0. The Morgan fingerprint density at radius 1 is 0.846 bits per heavy atom. The third-order valence-electron chi connectivity index (χ3n) is 6.07. The zero-order valence-corrected chi connectivity index (χ0v) is 17.8. The van der Waals surface area contributed by atoms with Crippen LogP contribution in [0.4, 0.5) is 0 Å². The first-order valence-electron chi connectivity index (χ1n) is 10.6. The van der Waals surface area contributed by atoms with Crippen LogP contribution in [0.2, 0.25) is 0 Å². The van der Waals surface area contributed by atoms with Gasteiger partial charge >= 0.3 is 0 Å². The highest BCUT2D eigenvalue weighted by molar-refractivity contribution is 5.08. The molecule has 0 aromatic rings. The van der Waals surface area contributed by atoms with E-state index in [1.165, 1.54) is 12.8 Å². The Morgan fingerprint density at radius 3 is 2.31 bits per heavy atom. The quantitative estimate of drug-likeness (QED) is 0.501. The Hall–Kier alpha value is -1.44. The van der Waals surface area contributed by atoms with Crippen molar-refractivity contribution in [1.82, 2.24) is 9.80 Å². The summed E-state index contributed by atoms with van der Waals surface area (Å²) in [6, 6.07) is 1.14. The van der Waals surface area contributed by atoms with Crippen LogP contribution in [-0.4, -0.2) is 28.4 Å². The van der Waals surface area contributed by atoms with Gasteiger partial charge in [0.05, 0.1) is 0 Å². The second kappa shape index (κ2) is 10.0. The molecule has 2 aliphatic rings. The Labute approximate surface area is 162 Å². The highest BCUT2D eigenvalue weighted by Crippen LogP contribution is 2.27. The van der Waals surface area contributed by atoms with Crippen molar-refractivity contribution in [3.63, 3.8) is 0 Å². The molecule has 4 atom stereocenters. The normalized spacial score (nSPS) is 25.7. The fourth-order valence-electron chi connectivity index (χ4n) is 3.77. The minimum Gasteiger partial charge on any atom is -0.371 e. The molecule has 0 amide bonds. The van der Waals surface area contributed by atoms with Gasteiger partial charge in [-0.15, -0.1) is 0 Å². The average Bonchev–Trinajstić information content (AvgIpc) is 3.00. The first-order chi connectivity index (χ1) is 12.4. The summed E-state index contributed by atoms with van der Waals surface area (Å²) in [6.07, 6.45) is 22.5. The number of hydrogen-bond acceptors (Lipinski definition) is 2. The third kappa shape index (κ3) is 6.07. The summed E-state index contributed by atoms with van der Waals surface area (Å²) in [5.41, 5.74) is 0. The maximum absolute atomic E-state index is 2.51. The van der Waals surface area contributed by atoms with E-state index >= 15 is 0 Å². The van der Waals surface area contributed by atoms with Crippen LogP contribution in [0.15, 0.2) is 49.0 Å². The maximum Gasteiger partial charge on any atom is 0.0357 e. The number of nitrogens with zero attached hydrogens (tertiary/aromatic N) is 2. The lowest BCUT2D eigenvalue weighted by Gasteiger charge is -2.28. The first-order valence-corrected chi connectivity index (χ1v) is 10.6. The van der Waals surface area contributed by atoms with E-state index < -0.39 is 0 Å². The molecular formula is C24H40N2. The molecule has 0 N–H and O–H groups in total. The predicted octanol–water partition coefficient (Wildman–Crippen LogP) is 6.21. The van der Waals surface area contributed by atoms with Gasteiger partial charge in [0, 0.05) is 24.8 Å². The van der Waals surface area contributed by atoms with Crippen molar-refractivity contribution < 1.29 is 0 Å². The van der Waals surface area contributed by atoms with Crippen LogP contribution in [0, 0.1) is 23.7 Å². The SMILES string of the molecule is CC(C)C1C=CCN(C(C)CCC(C)C2C=CN(C(C)C)C=CC2)C=C1. The van der Waals surface area contributed by atoms with Gasteiger partial charge in [0.15, 0.2) is 0 Å². The summed E-state index contributed by atoms with van der Waals surface area (Å²) in [7, 11) is 0. The Balaban J connectivity index is 1.84. The van der Waals surface area contributed by atoms with E-state index in [0.29, 0.717) is 29.8 Å². The van der Waals surface area contributed by atoms with E-state index in [9.17, 15) is 0 Å². The largest absolute Gasteiger partial charge is 0.371 e.